The molecular formula is C6H9KO4. The van der Waals surface area contributed by atoms with Crippen molar-refractivity contribution in [2.75, 3.05) is 6.61 Å². The number of hydrogen-bond donors (Lipinski definition) is 0. The van der Waals surface area contributed by atoms with Crippen LogP contribution in [0, 0.1) is 5.92 Å². The van der Waals surface area contributed by atoms with Gasteiger partial charge in [-0.2, -0.15) is 0 Å². The van der Waals surface area contributed by atoms with E-state index >= 15 is 0 Å². The fraction of sp³-hybridized carbons (Fsp3) is 0.667. The predicted octanol–water partition coefficient (Wildman–Crippen LogP) is -4.06. The monoisotopic (exact) mass is 184 g/mol. The molecule has 4 nitrogen and oxygen atoms in total. The zero-order valence-electron chi connectivity index (χ0n) is 6.92. The van der Waals surface area contributed by atoms with E-state index in [1.165, 1.54) is 6.92 Å². The molecule has 0 saturated carbocycles. The largest absolute Gasteiger partial charge is 1.00 e. The molecule has 0 radical (unpaired) electrons. The van der Waals surface area contributed by atoms with E-state index in [4.69, 9.17) is 0 Å². The standard InChI is InChI=1S/C6H10O4.K/c1-3-10-6(9)4(2)5(7)8;/h4H,3H2,1-2H3,(H,7,8);/q;+1/p-1. The Morgan fingerprint density at radius 3 is 2.27 bits per heavy atom. The van der Waals surface area contributed by atoms with Gasteiger partial charge >= 0.3 is 57.4 Å². The quantitative estimate of drug-likeness (QED) is 0.254. The Morgan fingerprint density at radius 1 is 1.55 bits per heavy atom. The third-order valence-electron chi connectivity index (χ3n) is 0.994. The van der Waals surface area contributed by atoms with Gasteiger partial charge < -0.3 is 14.6 Å². The number of carbonyl (C=O) groups is 2. The van der Waals surface area contributed by atoms with Gasteiger partial charge in [0.25, 0.3) is 0 Å². The van der Waals surface area contributed by atoms with Crippen LogP contribution in [0.5, 0.6) is 0 Å². The second-order valence-corrected chi connectivity index (χ2v) is 1.79. The van der Waals surface area contributed by atoms with Gasteiger partial charge in [-0.25, -0.2) is 0 Å². The summed E-state index contributed by atoms with van der Waals surface area (Å²) in [5.74, 6) is -3.32. The van der Waals surface area contributed by atoms with Crippen molar-refractivity contribution >= 4 is 11.9 Å². The molecule has 0 aliphatic carbocycles. The molecule has 0 aliphatic rings. The molecule has 0 heterocycles. The van der Waals surface area contributed by atoms with Crippen LogP contribution in [0.1, 0.15) is 13.8 Å². The average molecular weight is 184 g/mol. The summed E-state index contributed by atoms with van der Waals surface area (Å²) >= 11 is 0. The Bertz CT molecular complexity index is 146. The summed E-state index contributed by atoms with van der Waals surface area (Å²) in [5, 5.41) is 10.0. The molecule has 0 aromatic heterocycles. The van der Waals surface area contributed by atoms with Crippen LogP contribution in [-0.2, 0) is 14.3 Å². The second kappa shape index (κ2) is 7.24. The van der Waals surface area contributed by atoms with Gasteiger partial charge in [0.2, 0.25) is 0 Å². The molecule has 5 heteroatoms. The van der Waals surface area contributed by atoms with Crippen LogP contribution in [0.25, 0.3) is 0 Å². The first-order chi connectivity index (χ1) is 4.59. The van der Waals surface area contributed by atoms with E-state index in [0.29, 0.717) is 0 Å². The van der Waals surface area contributed by atoms with E-state index in [-0.39, 0.29) is 58.0 Å². The van der Waals surface area contributed by atoms with Crippen molar-refractivity contribution in [3.05, 3.63) is 0 Å². The van der Waals surface area contributed by atoms with Gasteiger partial charge in [-0.3, -0.25) is 4.79 Å². The average Bonchev–Trinajstić information content (AvgIpc) is 1.87. The van der Waals surface area contributed by atoms with Crippen LogP contribution in [0.2, 0.25) is 0 Å². The van der Waals surface area contributed by atoms with Gasteiger partial charge in [0.15, 0.2) is 0 Å². The maximum Gasteiger partial charge on any atom is 1.00 e. The summed E-state index contributed by atoms with van der Waals surface area (Å²) in [4.78, 5) is 20.5. The van der Waals surface area contributed by atoms with Crippen molar-refractivity contribution in [2.45, 2.75) is 13.8 Å². The number of carboxylic acid groups (broad SMARTS) is 1. The van der Waals surface area contributed by atoms with Crippen LogP contribution in [0.15, 0.2) is 0 Å². The van der Waals surface area contributed by atoms with E-state index < -0.39 is 17.9 Å². The fourth-order valence-electron chi connectivity index (χ4n) is 0.363. The van der Waals surface area contributed by atoms with Crippen molar-refractivity contribution < 1.29 is 70.8 Å². The number of ether oxygens (including phenoxy) is 1. The molecule has 0 bridgehead atoms. The smallest absolute Gasteiger partial charge is 0.549 e. The maximum absolute atomic E-state index is 10.5. The van der Waals surface area contributed by atoms with E-state index in [9.17, 15) is 14.7 Å². The molecule has 0 aromatic rings. The number of carbonyl (C=O) groups excluding carboxylic acids is 2. The van der Waals surface area contributed by atoms with E-state index in [1.54, 1.807) is 6.92 Å². The minimum atomic E-state index is -1.40. The summed E-state index contributed by atoms with van der Waals surface area (Å²) in [5.41, 5.74) is 0. The van der Waals surface area contributed by atoms with Gasteiger partial charge in [-0.15, -0.1) is 0 Å². The molecule has 58 valence electrons. The van der Waals surface area contributed by atoms with Gasteiger partial charge in [-0.1, -0.05) is 0 Å². The zero-order chi connectivity index (χ0) is 8.15. The Hall–Kier alpha value is 0.576. The molecular weight excluding hydrogens is 175 g/mol. The normalized spacial score (nSPS) is 11.1. The molecule has 11 heavy (non-hydrogen) atoms. The summed E-state index contributed by atoms with van der Waals surface area (Å²) < 4.78 is 4.41. The number of hydrogen-bond acceptors (Lipinski definition) is 4. The third-order valence-corrected chi connectivity index (χ3v) is 0.994. The molecule has 0 fully saturated rings. The first-order valence-corrected chi connectivity index (χ1v) is 2.97. The van der Waals surface area contributed by atoms with Crippen molar-refractivity contribution in [1.82, 2.24) is 0 Å². The number of esters is 1. The summed E-state index contributed by atoms with van der Waals surface area (Å²) in [6.45, 7) is 3.03. The first kappa shape index (κ1) is 14.1. The Morgan fingerprint density at radius 2 is 2.00 bits per heavy atom. The van der Waals surface area contributed by atoms with Crippen LogP contribution in [0.4, 0.5) is 0 Å². The predicted molar refractivity (Wildman–Crippen MR) is 30.8 cm³/mol. The van der Waals surface area contributed by atoms with Crippen molar-refractivity contribution in [2.24, 2.45) is 5.92 Å². The van der Waals surface area contributed by atoms with E-state index in [1.807, 2.05) is 0 Å². The minimum absolute atomic E-state index is 0. The van der Waals surface area contributed by atoms with Crippen LogP contribution >= 0.6 is 0 Å². The second-order valence-electron chi connectivity index (χ2n) is 1.79. The summed E-state index contributed by atoms with van der Waals surface area (Å²) in [6.07, 6.45) is 0. The van der Waals surface area contributed by atoms with Gasteiger partial charge in [0.1, 0.15) is 0 Å². The third kappa shape index (κ3) is 5.80. The van der Waals surface area contributed by atoms with Crippen LogP contribution in [-0.4, -0.2) is 18.5 Å². The van der Waals surface area contributed by atoms with Crippen molar-refractivity contribution in [3.8, 4) is 0 Å². The fourth-order valence-corrected chi connectivity index (χ4v) is 0.363. The molecule has 0 rings (SSSR count). The van der Waals surface area contributed by atoms with Crippen molar-refractivity contribution in [1.29, 1.82) is 0 Å². The molecule has 0 spiro atoms. The molecule has 0 aliphatic heterocycles. The molecule has 1 unspecified atom stereocenters. The van der Waals surface area contributed by atoms with E-state index in [2.05, 4.69) is 4.74 Å². The summed E-state index contributed by atoms with van der Waals surface area (Å²) in [7, 11) is 0. The van der Waals surface area contributed by atoms with Crippen LogP contribution in [0.3, 0.4) is 0 Å². The van der Waals surface area contributed by atoms with Crippen molar-refractivity contribution in [3.63, 3.8) is 0 Å². The molecule has 0 N–H and O–H groups in total. The number of carboxylic acids is 1. The van der Waals surface area contributed by atoms with Crippen LogP contribution < -0.4 is 56.5 Å². The summed E-state index contributed by atoms with van der Waals surface area (Å²) in [6, 6.07) is 0. The van der Waals surface area contributed by atoms with Gasteiger partial charge in [0.05, 0.1) is 18.5 Å². The van der Waals surface area contributed by atoms with Gasteiger partial charge in [0, 0.05) is 0 Å². The Balaban J connectivity index is 0. The number of rotatable bonds is 3. The SMILES string of the molecule is CCOC(=O)C(C)C(=O)[O-].[K+]. The topological polar surface area (TPSA) is 66.4 Å². The Labute approximate surface area is 108 Å². The van der Waals surface area contributed by atoms with E-state index in [0.717, 1.165) is 0 Å². The number of aliphatic carboxylic acids is 1. The molecule has 0 saturated heterocycles. The zero-order valence-corrected chi connectivity index (χ0v) is 10.0. The maximum atomic E-state index is 10.5. The Kier molecular flexibility index (Phi) is 9.29. The molecule has 1 atom stereocenters. The van der Waals surface area contributed by atoms with Gasteiger partial charge in [-0.05, 0) is 13.8 Å². The first-order valence-electron chi connectivity index (χ1n) is 2.97. The minimum Gasteiger partial charge on any atom is -0.549 e. The molecule has 0 amide bonds. The molecule has 0 aromatic carbocycles.